The number of halogens is 1. The standard InChI is InChI=1S/C18H22ClN3O3S/c1-3-22(12-14-6-4-8-16(19)10-14)18(23)21-13(2)15-7-5-9-17(11-15)26(20,24)25/h4-11,13H,3,12H2,1-2H3,(H,21,23)(H2,20,24,25). The number of sulfonamides is 1. The van der Waals surface area contributed by atoms with Crippen molar-refractivity contribution in [1.82, 2.24) is 10.2 Å². The monoisotopic (exact) mass is 395 g/mol. The Morgan fingerprint density at radius 2 is 1.92 bits per heavy atom. The number of nitrogens with zero attached hydrogens (tertiary/aromatic N) is 1. The van der Waals surface area contributed by atoms with E-state index in [1.165, 1.54) is 12.1 Å². The van der Waals surface area contributed by atoms with Crippen LogP contribution in [-0.4, -0.2) is 25.9 Å². The van der Waals surface area contributed by atoms with Gasteiger partial charge < -0.3 is 10.2 Å². The van der Waals surface area contributed by atoms with Crippen LogP contribution in [0.2, 0.25) is 5.02 Å². The molecule has 2 rings (SSSR count). The lowest BCUT2D eigenvalue weighted by Crippen LogP contribution is -2.40. The Balaban J connectivity index is 2.09. The van der Waals surface area contributed by atoms with Gasteiger partial charge in [0.15, 0.2) is 0 Å². The Kier molecular flexibility index (Phi) is 6.63. The minimum absolute atomic E-state index is 0.0161. The summed E-state index contributed by atoms with van der Waals surface area (Å²) in [5, 5.41) is 8.66. The number of hydrogen-bond donors (Lipinski definition) is 2. The molecule has 0 saturated carbocycles. The van der Waals surface area contributed by atoms with E-state index in [0.29, 0.717) is 23.7 Å². The number of urea groups is 1. The number of amides is 2. The third kappa shape index (κ3) is 5.45. The van der Waals surface area contributed by atoms with Crippen LogP contribution in [0, 0.1) is 0 Å². The summed E-state index contributed by atoms with van der Waals surface area (Å²) in [4.78, 5) is 14.2. The fourth-order valence-electron chi connectivity index (χ4n) is 2.50. The molecule has 0 saturated heterocycles. The summed E-state index contributed by atoms with van der Waals surface area (Å²) in [5.74, 6) is 0. The molecule has 0 aliphatic rings. The lowest BCUT2D eigenvalue weighted by Gasteiger charge is -2.24. The predicted molar refractivity (Wildman–Crippen MR) is 102 cm³/mol. The predicted octanol–water partition coefficient (Wildman–Crippen LogP) is 3.28. The van der Waals surface area contributed by atoms with Crippen molar-refractivity contribution in [3.63, 3.8) is 0 Å². The van der Waals surface area contributed by atoms with Crippen LogP contribution < -0.4 is 10.5 Å². The highest BCUT2D eigenvalue weighted by Crippen LogP contribution is 2.18. The molecule has 0 spiro atoms. The molecule has 2 aromatic carbocycles. The molecule has 0 aliphatic carbocycles. The molecule has 140 valence electrons. The van der Waals surface area contributed by atoms with Gasteiger partial charge in [0.1, 0.15) is 0 Å². The first kappa shape index (κ1) is 20.2. The summed E-state index contributed by atoms with van der Waals surface area (Å²) in [6.45, 7) is 4.61. The molecule has 0 radical (unpaired) electrons. The maximum Gasteiger partial charge on any atom is 0.318 e. The number of primary sulfonamides is 1. The number of hydrogen-bond acceptors (Lipinski definition) is 3. The fraction of sp³-hybridized carbons (Fsp3) is 0.278. The number of nitrogens with one attached hydrogen (secondary N) is 1. The smallest absolute Gasteiger partial charge is 0.318 e. The lowest BCUT2D eigenvalue weighted by atomic mass is 10.1. The average Bonchev–Trinajstić information content (AvgIpc) is 2.59. The molecule has 3 N–H and O–H groups in total. The summed E-state index contributed by atoms with van der Waals surface area (Å²) in [7, 11) is -3.79. The Labute approximate surface area is 159 Å². The molecule has 0 aliphatic heterocycles. The average molecular weight is 396 g/mol. The van der Waals surface area contributed by atoms with Crippen molar-refractivity contribution in [3.8, 4) is 0 Å². The lowest BCUT2D eigenvalue weighted by molar-refractivity contribution is 0.195. The SMILES string of the molecule is CCN(Cc1cccc(Cl)c1)C(=O)NC(C)c1cccc(S(N)(=O)=O)c1. The molecule has 0 aromatic heterocycles. The summed E-state index contributed by atoms with van der Waals surface area (Å²) in [6.07, 6.45) is 0. The van der Waals surface area contributed by atoms with Crippen LogP contribution in [0.25, 0.3) is 0 Å². The van der Waals surface area contributed by atoms with Crippen LogP contribution in [0.4, 0.5) is 4.79 Å². The number of benzene rings is 2. The van der Waals surface area contributed by atoms with E-state index in [9.17, 15) is 13.2 Å². The molecule has 6 nitrogen and oxygen atoms in total. The molecule has 26 heavy (non-hydrogen) atoms. The molecule has 0 heterocycles. The van der Waals surface area contributed by atoms with Crippen LogP contribution >= 0.6 is 11.6 Å². The van der Waals surface area contributed by atoms with Gasteiger partial charge in [-0.25, -0.2) is 18.4 Å². The van der Waals surface area contributed by atoms with Crippen LogP contribution in [-0.2, 0) is 16.6 Å². The Bertz CT molecular complexity index is 887. The van der Waals surface area contributed by atoms with E-state index >= 15 is 0 Å². The van der Waals surface area contributed by atoms with Gasteiger partial charge in [0.05, 0.1) is 10.9 Å². The first-order valence-electron chi connectivity index (χ1n) is 8.13. The highest BCUT2D eigenvalue weighted by atomic mass is 35.5. The fourth-order valence-corrected chi connectivity index (χ4v) is 3.29. The molecule has 1 atom stereocenters. The zero-order valence-corrected chi connectivity index (χ0v) is 16.2. The van der Waals surface area contributed by atoms with Gasteiger partial charge >= 0.3 is 6.03 Å². The highest BCUT2D eigenvalue weighted by molar-refractivity contribution is 7.89. The summed E-state index contributed by atoms with van der Waals surface area (Å²) in [6, 6.07) is 12.9. The summed E-state index contributed by atoms with van der Waals surface area (Å²) >= 11 is 5.99. The molecular weight excluding hydrogens is 374 g/mol. The topological polar surface area (TPSA) is 92.5 Å². The minimum atomic E-state index is -3.79. The maximum atomic E-state index is 12.6. The van der Waals surface area contributed by atoms with Gasteiger partial charge in [-0.15, -0.1) is 0 Å². The highest BCUT2D eigenvalue weighted by Gasteiger charge is 2.17. The summed E-state index contributed by atoms with van der Waals surface area (Å²) < 4.78 is 23.0. The molecule has 2 amide bonds. The van der Waals surface area contributed by atoms with Crippen molar-refractivity contribution in [2.24, 2.45) is 5.14 Å². The van der Waals surface area contributed by atoms with Gasteiger partial charge in [0.2, 0.25) is 10.0 Å². The van der Waals surface area contributed by atoms with Crippen LogP contribution in [0.1, 0.15) is 31.0 Å². The zero-order valence-electron chi connectivity index (χ0n) is 14.6. The Hall–Kier alpha value is -2.09. The quantitative estimate of drug-likeness (QED) is 0.786. The number of nitrogens with two attached hydrogens (primary N) is 1. The van der Waals surface area contributed by atoms with E-state index in [-0.39, 0.29) is 17.0 Å². The molecule has 0 bridgehead atoms. The number of carbonyl (C=O) groups excluding carboxylic acids is 1. The van der Waals surface area contributed by atoms with Crippen molar-refractivity contribution >= 4 is 27.7 Å². The largest absolute Gasteiger partial charge is 0.331 e. The van der Waals surface area contributed by atoms with Gasteiger partial charge in [-0.05, 0) is 49.2 Å². The first-order valence-corrected chi connectivity index (χ1v) is 10.1. The van der Waals surface area contributed by atoms with Gasteiger partial charge in [-0.3, -0.25) is 0 Å². The van der Waals surface area contributed by atoms with E-state index in [2.05, 4.69) is 5.32 Å². The minimum Gasteiger partial charge on any atom is -0.331 e. The van der Waals surface area contributed by atoms with Gasteiger partial charge in [0.25, 0.3) is 0 Å². The van der Waals surface area contributed by atoms with Crippen LogP contribution in [0.15, 0.2) is 53.4 Å². The third-order valence-electron chi connectivity index (χ3n) is 3.96. The second-order valence-electron chi connectivity index (χ2n) is 5.93. The molecule has 1 unspecified atom stereocenters. The molecular formula is C18H22ClN3O3S. The van der Waals surface area contributed by atoms with Gasteiger partial charge in [0, 0.05) is 18.1 Å². The van der Waals surface area contributed by atoms with Gasteiger partial charge in [-0.1, -0.05) is 35.9 Å². The second-order valence-corrected chi connectivity index (χ2v) is 7.93. The van der Waals surface area contributed by atoms with Gasteiger partial charge in [-0.2, -0.15) is 0 Å². The van der Waals surface area contributed by atoms with E-state index in [4.69, 9.17) is 16.7 Å². The van der Waals surface area contributed by atoms with Crippen molar-refractivity contribution in [1.29, 1.82) is 0 Å². The Morgan fingerprint density at radius 1 is 1.23 bits per heavy atom. The third-order valence-corrected chi connectivity index (χ3v) is 5.10. The van der Waals surface area contributed by atoms with E-state index in [1.54, 1.807) is 30.0 Å². The molecule has 0 fully saturated rings. The van der Waals surface area contributed by atoms with E-state index < -0.39 is 10.0 Å². The van der Waals surface area contributed by atoms with Crippen LogP contribution in [0.3, 0.4) is 0 Å². The summed E-state index contributed by atoms with van der Waals surface area (Å²) in [5.41, 5.74) is 1.59. The first-order chi connectivity index (χ1) is 12.2. The number of carbonyl (C=O) groups is 1. The maximum absolute atomic E-state index is 12.6. The van der Waals surface area contributed by atoms with E-state index in [0.717, 1.165) is 5.56 Å². The van der Waals surface area contributed by atoms with Crippen molar-refractivity contribution in [2.75, 3.05) is 6.54 Å². The van der Waals surface area contributed by atoms with Crippen molar-refractivity contribution < 1.29 is 13.2 Å². The normalized spacial score (nSPS) is 12.5. The number of rotatable bonds is 6. The molecule has 2 aromatic rings. The second kappa shape index (κ2) is 8.53. The van der Waals surface area contributed by atoms with Crippen molar-refractivity contribution in [3.05, 3.63) is 64.7 Å². The van der Waals surface area contributed by atoms with E-state index in [1.807, 2.05) is 25.1 Å². The van der Waals surface area contributed by atoms with Crippen molar-refractivity contribution in [2.45, 2.75) is 31.3 Å². The zero-order chi connectivity index (χ0) is 19.3. The Morgan fingerprint density at radius 3 is 2.54 bits per heavy atom. The van der Waals surface area contributed by atoms with Crippen LogP contribution in [0.5, 0.6) is 0 Å². The molecule has 8 heteroatoms.